The van der Waals surface area contributed by atoms with Gasteiger partial charge in [0.25, 0.3) is 0 Å². The van der Waals surface area contributed by atoms with Crippen LogP contribution in [-0.4, -0.2) is 19.0 Å². The Hall–Kier alpha value is -1.62. The van der Waals surface area contributed by atoms with Crippen LogP contribution in [0.3, 0.4) is 0 Å². The zero-order valence-electron chi connectivity index (χ0n) is 12.0. The molecule has 1 aromatic heterocycles. The van der Waals surface area contributed by atoms with E-state index in [1.165, 1.54) is 18.4 Å². The molecule has 0 bridgehead atoms. The van der Waals surface area contributed by atoms with Gasteiger partial charge in [-0.05, 0) is 38.2 Å². The van der Waals surface area contributed by atoms with Crippen LogP contribution in [0.25, 0.3) is 0 Å². The molecular formula is C15H19NO3S. The summed E-state index contributed by atoms with van der Waals surface area (Å²) in [5.41, 5.74) is 1.35. The largest absolute Gasteiger partial charge is 0.465 e. The van der Waals surface area contributed by atoms with Crippen LogP contribution in [0, 0.1) is 19.8 Å². The maximum atomic E-state index is 12.1. The molecule has 0 aromatic carbocycles. The van der Waals surface area contributed by atoms with Crippen LogP contribution in [0.15, 0.2) is 12.2 Å². The smallest absolute Gasteiger partial charge is 0.341 e. The fourth-order valence-electron chi connectivity index (χ4n) is 2.34. The maximum absolute atomic E-state index is 12.1. The summed E-state index contributed by atoms with van der Waals surface area (Å²) in [6.45, 7) is 3.80. The lowest BCUT2D eigenvalue weighted by molar-refractivity contribution is -0.116. The number of allylic oxidation sites excluding steroid dienone is 2. The lowest BCUT2D eigenvalue weighted by Crippen LogP contribution is -2.16. The quantitative estimate of drug-likeness (QED) is 0.683. The number of anilines is 1. The topological polar surface area (TPSA) is 55.4 Å². The molecule has 20 heavy (non-hydrogen) atoms. The van der Waals surface area contributed by atoms with Crippen LogP contribution < -0.4 is 5.32 Å². The molecule has 1 heterocycles. The first-order valence-electron chi connectivity index (χ1n) is 6.67. The number of carbonyl (C=O) groups excluding carboxylic acids is 2. The number of carbonyl (C=O) groups is 2. The SMILES string of the molecule is COC(=O)c1c(NC(=O)CC2C=CCC2)sc(C)c1C. The van der Waals surface area contributed by atoms with Crippen molar-refractivity contribution in [1.82, 2.24) is 0 Å². The van der Waals surface area contributed by atoms with Crippen LogP contribution in [-0.2, 0) is 9.53 Å². The van der Waals surface area contributed by atoms with E-state index in [2.05, 4.69) is 17.5 Å². The van der Waals surface area contributed by atoms with Crippen molar-refractivity contribution in [2.24, 2.45) is 5.92 Å². The number of rotatable bonds is 4. The second-order valence-corrected chi connectivity index (χ2v) is 6.22. The molecule has 1 atom stereocenters. The Morgan fingerprint density at radius 2 is 2.20 bits per heavy atom. The average Bonchev–Trinajstić information content (AvgIpc) is 2.99. The molecule has 1 aliphatic carbocycles. The number of ether oxygens (including phenoxy) is 1. The minimum absolute atomic E-state index is 0.0482. The number of hydrogen-bond donors (Lipinski definition) is 1. The Labute approximate surface area is 122 Å². The molecule has 2 rings (SSSR count). The van der Waals surface area contributed by atoms with Crippen LogP contribution >= 0.6 is 11.3 Å². The van der Waals surface area contributed by atoms with E-state index in [1.807, 2.05) is 13.8 Å². The molecule has 1 aromatic rings. The van der Waals surface area contributed by atoms with Gasteiger partial charge >= 0.3 is 5.97 Å². The van der Waals surface area contributed by atoms with Crippen LogP contribution in [0.1, 0.15) is 40.1 Å². The van der Waals surface area contributed by atoms with Gasteiger partial charge in [0.2, 0.25) is 5.91 Å². The predicted octanol–water partition coefficient (Wildman–Crippen LogP) is 3.45. The third kappa shape index (κ3) is 3.10. The minimum atomic E-state index is -0.400. The summed E-state index contributed by atoms with van der Waals surface area (Å²) in [7, 11) is 1.35. The van der Waals surface area contributed by atoms with Gasteiger partial charge in [0.1, 0.15) is 5.00 Å². The van der Waals surface area contributed by atoms with E-state index < -0.39 is 5.97 Å². The molecule has 0 spiro atoms. The molecule has 108 valence electrons. The number of aryl methyl sites for hydroxylation is 1. The van der Waals surface area contributed by atoms with E-state index in [0.29, 0.717) is 22.9 Å². The van der Waals surface area contributed by atoms with Crippen molar-refractivity contribution < 1.29 is 14.3 Å². The Balaban J connectivity index is 2.12. The second kappa shape index (κ2) is 6.22. The summed E-state index contributed by atoms with van der Waals surface area (Å²) in [6.07, 6.45) is 6.73. The number of methoxy groups -OCH3 is 1. The van der Waals surface area contributed by atoms with Crippen molar-refractivity contribution in [2.45, 2.75) is 33.1 Å². The lowest BCUT2D eigenvalue weighted by Gasteiger charge is -2.09. The van der Waals surface area contributed by atoms with Crippen molar-refractivity contribution in [3.63, 3.8) is 0 Å². The molecular weight excluding hydrogens is 274 g/mol. The third-order valence-electron chi connectivity index (χ3n) is 3.59. The van der Waals surface area contributed by atoms with Gasteiger partial charge in [-0.25, -0.2) is 4.79 Å². The summed E-state index contributed by atoms with van der Waals surface area (Å²) < 4.78 is 4.79. The predicted molar refractivity (Wildman–Crippen MR) is 80.2 cm³/mol. The van der Waals surface area contributed by atoms with Gasteiger partial charge in [-0.3, -0.25) is 4.79 Å². The molecule has 0 saturated carbocycles. The molecule has 1 unspecified atom stereocenters. The molecule has 0 aliphatic heterocycles. The highest BCUT2D eigenvalue weighted by molar-refractivity contribution is 7.16. The molecule has 0 saturated heterocycles. The van der Waals surface area contributed by atoms with Gasteiger partial charge in [-0.15, -0.1) is 11.3 Å². The molecule has 0 fully saturated rings. The van der Waals surface area contributed by atoms with Crippen LogP contribution in [0.2, 0.25) is 0 Å². The lowest BCUT2D eigenvalue weighted by atomic mass is 10.1. The number of hydrogen-bond acceptors (Lipinski definition) is 4. The number of amides is 1. The van der Waals surface area contributed by atoms with Gasteiger partial charge < -0.3 is 10.1 Å². The van der Waals surface area contributed by atoms with E-state index in [0.717, 1.165) is 23.3 Å². The third-order valence-corrected chi connectivity index (χ3v) is 4.71. The van der Waals surface area contributed by atoms with Crippen molar-refractivity contribution >= 4 is 28.2 Å². The maximum Gasteiger partial charge on any atom is 0.341 e. The second-order valence-electron chi connectivity index (χ2n) is 5.00. The van der Waals surface area contributed by atoms with Crippen LogP contribution in [0.4, 0.5) is 5.00 Å². The summed E-state index contributed by atoms with van der Waals surface area (Å²) in [4.78, 5) is 24.9. The van der Waals surface area contributed by atoms with Gasteiger partial charge in [-0.2, -0.15) is 0 Å². The summed E-state index contributed by atoms with van der Waals surface area (Å²) in [6, 6.07) is 0. The normalized spacial score (nSPS) is 17.2. The molecule has 5 heteroatoms. The van der Waals surface area contributed by atoms with Gasteiger partial charge in [0.05, 0.1) is 12.7 Å². The van der Waals surface area contributed by atoms with E-state index in [9.17, 15) is 9.59 Å². The zero-order valence-corrected chi connectivity index (χ0v) is 12.8. The Morgan fingerprint density at radius 3 is 2.80 bits per heavy atom. The summed E-state index contributed by atoms with van der Waals surface area (Å²) in [5.74, 6) is -0.130. The number of thiophene rings is 1. The molecule has 1 amide bonds. The molecule has 1 aliphatic rings. The summed E-state index contributed by atoms with van der Waals surface area (Å²) >= 11 is 1.42. The first kappa shape index (κ1) is 14.8. The van der Waals surface area contributed by atoms with Crippen molar-refractivity contribution in [3.05, 3.63) is 28.2 Å². The monoisotopic (exact) mass is 293 g/mol. The fraction of sp³-hybridized carbons (Fsp3) is 0.467. The minimum Gasteiger partial charge on any atom is -0.465 e. The van der Waals surface area contributed by atoms with Gasteiger partial charge in [-0.1, -0.05) is 12.2 Å². The Bertz CT molecular complexity index is 560. The number of nitrogens with one attached hydrogen (secondary N) is 1. The molecule has 1 N–H and O–H groups in total. The standard InChI is InChI=1S/C15H19NO3S/c1-9-10(2)20-14(13(9)15(18)19-3)16-12(17)8-11-6-4-5-7-11/h4,6,11H,5,7-8H2,1-3H3,(H,16,17). The first-order chi connectivity index (χ1) is 9.52. The molecule has 4 nitrogen and oxygen atoms in total. The van der Waals surface area contributed by atoms with E-state index in [1.54, 1.807) is 0 Å². The highest BCUT2D eigenvalue weighted by atomic mass is 32.1. The van der Waals surface area contributed by atoms with Crippen molar-refractivity contribution in [2.75, 3.05) is 12.4 Å². The Kier molecular flexibility index (Phi) is 4.60. The van der Waals surface area contributed by atoms with E-state index in [4.69, 9.17) is 4.74 Å². The van der Waals surface area contributed by atoms with E-state index in [-0.39, 0.29) is 5.91 Å². The Morgan fingerprint density at radius 1 is 1.45 bits per heavy atom. The first-order valence-corrected chi connectivity index (χ1v) is 7.49. The zero-order chi connectivity index (χ0) is 14.7. The van der Waals surface area contributed by atoms with Crippen molar-refractivity contribution in [1.29, 1.82) is 0 Å². The highest BCUT2D eigenvalue weighted by Crippen LogP contribution is 2.33. The highest BCUT2D eigenvalue weighted by Gasteiger charge is 2.22. The molecule has 0 radical (unpaired) electrons. The van der Waals surface area contributed by atoms with Gasteiger partial charge in [0.15, 0.2) is 0 Å². The van der Waals surface area contributed by atoms with Crippen molar-refractivity contribution in [3.8, 4) is 0 Å². The van der Waals surface area contributed by atoms with Gasteiger partial charge in [0, 0.05) is 11.3 Å². The van der Waals surface area contributed by atoms with E-state index >= 15 is 0 Å². The number of esters is 1. The fourth-order valence-corrected chi connectivity index (χ4v) is 3.41. The van der Waals surface area contributed by atoms with Crippen LogP contribution in [0.5, 0.6) is 0 Å². The average molecular weight is 293 g/mol. The summed E-state index contributed by atoms with van der Waals surface area (Å²) in [5, 5.41) is 3.46.